The zero-order chi connectivity index (χ0) is 18.4. The van der Waals surface area contributed by atoms with Crippen LogP contribution in [0.1, 0.15) is 13.8 Å². The highest BCUT2D eigenvalue weighted by molar-refractivity contribution is 14.0. The van der Waals surface area contributed by atoms with Gasteiger partial charge in [-0.25, -0.2) is 9.97 Å². The molecule has 27 heavy (non-hydrogen) atoms. The van der Waals surface area contributed by atoms with Crippen molar-refractivity contribution in [3.63, 3.8) is 0 Å². The van der Waals surface area contributed by atoms with Crippen LogP contribution in [0.2, 0.25) is 0 Å². The van der Waals surface area contributed by atoms with Crippen molar-refractivity contribution in [1.29, 1.82) is 0 Å². The summed E-state index contributed by atoms with van der Waals surface area (Å²) in [5.41, 5.74) is 0. The van der Waals surface area contributed by atoms with Crippen molar-refractivity contribution in [2.75, 3.05) is 64.4 Å². The molecule has 3 heterocycles. The Hall–Kier alpha value is -1.20. The van der Waals surface area contributed by atoms with Crippen LogP contribution in [0, 0.1) is 0 Å². The van der Waals surface area contributed by atoms with Crippen molar-refractivity contribution in [2.24, 2.45) is 4.99 Å². The fourth-order valence-electron chi connectivity index (χ4n) is 3.66. The number of nitrogens with one attached hydrogen (secondary N) is 1. The maximum absolute atomic E-state index is 5.54. The molecule has 2 unspecified atom stereocenters. The third-order valence-electron chi connectivity index (χ3n) is 5.17. The number of hydrogen-bond acceptors (Lipinski definition) is 6. The SMILES string of the molecule is CN=C(NCC(C)N1CCOCC1C)N1CCN(c2ncccn2)CC1.I. The Bertz CT molecular complexity index is 580. The van der Waals surface area contributed by atoms with E-state index in [1.165, 1.54) is 0 Å². The third kappa shape index (κ3) is 5.89. The molecule has 8 nitrogen and oxygen atoms in total. The summed E-state index contributed by atoms with van der Waals surface area (Å²) < 4.78 is 5.54. The molecule has 0 radical (unpaired) electrons. The van der Waals surface area contributed by atoms with Gasteiger partial charge in [-0.05, 0) is 19.9 Å². The van der Waals surface area contributed by atoms with Crippen molar-refractivity contribution in [3.05, 3.63) is 18.5 Å². The van der Waals surface area contributed by atoms with Crippen LogP contribution in [0.15, 0.2) is 23.5 Å². The Labute approximate surface area is 179 Å². The number of nitrogens with zero attached hydrogens (tertiary/aromatic N) is 6. The maximum Gasteiger partial charge on any atom is 0.225 e. The molecule has 0 amide bonds. The molecular weight excluding hydrogens is 457 g/mol. The predicted molar refractivity (Wildman–Crippen MR) is 119 cm³/mol. The highest BCUT2D eigenvalue weighted by Gasteiger charge is 2.25. The van der Waals surface area contributed by atoms with E-state index in [1.54, 1.807) is 12.4 Å². The van der Waals surface area contributed by atoms with Gasteiger partial charge in [-0.2, -0.15) is 0 Å². The average molecular weight is 489 g/mol. The number of ether oxygens (including phenoxy) is 1. The molecule has 9 heteroatoms. The molecule has 1 aromatic rings. The first kappa shape index (κ1) is 22.1. The third-order valence-corrected chi connectivity index (χ3v) is 5.17. The minimum atomic E-state index is 0. The molecule has 152 valence electrons. The summed E-state index contributed by atoms with van der Waals surface area (Å²) in [5, 5.41) is 3.56. The van der Waals surface area contributed by atoms with E-state index in [-0.39, 0.29) is 24.0 Å². The lowest BCUT2D eigenvalue weighted by Crippen LogP contribution is -2.56. The Kier molecular flexibility index (Phi) is 8.97. The second-order valence-corrected chi connectivity index (χ2v) is 6.96. The van der Waals surface area contributed by atoms with E-state index >= 15 is 0 Å². The van der Waals surface area contributed by atoms with Crippen LogP contribution in [0.5, 0.6) is 0 Å². The molecular formula is C18H32IN7O. The van der Waals surface area contributed by atoms with Crippen LogP contribution in [0.25, 0.3) is 0 Å². The molecule has 2 atom stereocenters. The molecule has 0 spiro atoms. The highest BCUT2D eigenvalue weighted by atomic mass is 127. The summed E-state index contributed by atoms with van der Waals surface area (Å²) in [6.45, 7) is 11.7. The van der Waals surface area contributed by atoms with E-state index in [2.05, 4.69) is 48.8 Å². The molecule has 0 aromatic carbocycles. The van der Waals surface area contributed by atoms with Gasteiger partial charge in [0.1, 0.15) is 0 Å². The van der Waals surface area contributed by atoms with Gasteiger partial charge in [0.2, 0.25) is 5.95 Å². The maximum atomic E-state index is 5.54. The Morgan fingerprint density at radius 3 is 2.59 bits per heavy atom. The van der Waals surface area contributed by atoms with Crippen LogP contribution in [-0.4, -0.2) is 97.3 Å². The van der Waals surface area contributed by atoms with Crippen molar-refractivity contribution >= 4 is 35.9 Å². The van der Waals surface area contributed by atoms with Crippen LogP contribution < -0.4 is 10.2 Å². The van der Waals surface area contributed by atoms with Gasteiger partial charge in [0.25, 0.3) is 0 Å². The minimum Gasteiger partial charge on any atom is -0.379 e. The first-order valence-corrected chi connectivity index (χ1v) is 9.50. The zero-order valence-corrected chi connectivity index (χ0v) is 18.9. The monoisotopic (exact) mass is 489 g/mol. The average Bonchev–Trinajstić information content (AvgIpc) is 2.70. The van der Waals surface area contributed by atoms with Gasteiger partial charge in [0.05, 0.1) is 13.2 Å². The van der Waals surface area contributed by atoms with Gasteiger partial charge >= 0.3 is 0 Å². The van der Waals surface area contributed by atoms with E-state index in [0.717, 1.165) is 64.4 Å². The van der Waals surface area contributed by atoms with Gasteiger partial charge < -0.3 is 19.9 Å². The number of aliphatic imine (C=N–C) groups is 1. The molecule has 2 aliphatic heterocycles. The molecule has 2 fully saturated rings. The van der Waals surface area contributed by atoms with E-state index in [0.29, 0.717) is 12.1 Å². The topological polar surface area (TPSA) is 69.1 Å². The summed E-state index contributed by atoms with van der Waals surface area (Å²) in [7, 11) is 1.86. The molecule has 1 aromatic heterocycles. The minimum absolute atomic E-state index is 0. The lowest BCUT2D eigenvalue weighted by atomic mass is 10.2. The number of aromatic nitrogens is 2. The Morgan fingerprint density at radius 2 is 1.96 bits per heavy atom. The number of halogens is 1. The first-order valence-electron chi connectivity index (χ1n) is 9.50. The molecule has 2 aliphatic rings. The fourth-order valence-corrected chi connectivity index (χ4v) is 3.66. The van der Waals surface area contributed by atoms with Crippen molar-refractivity contribution < 1.29 is 4.74 Å². The van der Waals surface area contributed by atoms with E-state index in [4.69, 9.17) is 4.74 Å². The summed E-state index contributed by atoms with van der Waals surface area (Å²) in [4.78, 5) is 20.2. The molecule has 2 saturated heterocycles. The standard InChI is InChI=1S/C18H31N7O.HI/c1-15(25-11-12-26-14-16(25)2)13-22-17(19-3)23-7-9-24(10-8-23)18-20-5-4-6-21-18;/h4-6,15-16H,7-14H2,1-3H3,(H,19,22);1H. The first-order chi connectivity index (χ1) is 12.7. The fraction of sp³-hybridized carbons (Fsp3) is 0.722. The summed E-state index contributed by atoms with van der Waals surface area (Å²) >= 11 is 0. The second kappa shape index (κ2) is 11.0. The lowest BCUT2D eigenvalue weighted by Gasteiger charge is -2.39. The molecule has 0 aliphatic carbocycles. The van der Waals surface area contributed by atoms with Crippen LogP contribution in [-0.2, 0) is 4.74 Å². The number of piperazine rings is 1. The van der Waals surface area contributed by atoms with Crippen molar-refractivity contribution in [2.45, 2.75) is 25.9 Å². The lowest BCUT2D eigenvalue weighted by molar-refractivity contribution is -0.0175. The van der Waals surface area contributed by atoms with E-state index in [9.17, 15) is 0 Å². The number of rotatable bonds is 4. The summed E-state index contributed by atoms with van der Waals surface area (Å²) in [6.07, 6.45) is 3.59. The van der Waals surface area contributed by atoms with Gasteiger partial charge in [0, 0.05) is 70.8 Å². The smallest absolute Gasteiger partial charge is 0.225 e. The number of anilines is 1. The summed E-state index contributed by atoms with van der Waals surface area (Å²) in [6, 6.07) is 2.77. The number of hydrogen-bond donors (Lipinski definition) is 1. The van der Waals surface area contributed by atoms with Crippen molar-refractivity contribution in [3.8, 4) is 0 Å². The number of morpholine rings is 1. The van der Waals surface area contributed by atoms with E-state index in [1.807, 2.05) is 13.1 Å². The van der Waals surface area contributed by atoms with Gasteiger partial charge in [0.15, 0.2) is 5.96 Å². The largest absolute Gasteiger partial charge is 0.379 e. The quantitative estimate of drug-likeness (QED) is 0.383. The zero-order valence-electron chi connectivity index (χ0n) is 16.5. The Balaban J connectivity index is 0.00000261. The number of guanidine groups is 1. The molecule has 0 saturated carbocycles. The van der Waals surface area contributed by atoms with Gasteiger partial charge in [-0.15, -0.1) is 24.0 Å². The van der Waals surface area contributed by atoms with Gasteiger partial charge in [-0.1, -0.05) is 0 Å². The second-order valence-electron chi connectivity index (χ2n) is 6.96. The van der Waals surface area contributed by atoms with Crippen LogP contribution in [0.4, 0.5) is 5.95 Å². The summed E-state index contributed by atoms with van der Waals surface area (Å²) in [5.74, 6) is 1.79. The predicted octanol–water partition coefficient (Wildman–Crippen LogP) is 0.901. The van der Waals surface area contributed by atoms with Crippen LogP contribution in [0.3, 0.4) is 0 Å². The van der Waals surface area contributed by atoms with Crippen LogP contribution >= 0.6 is 24.0 Å². The van der Waals surface area contributed by atoms with Gasteiger partial charge in [-0.3, -0.25) is 9.89 Å². The molecule has 0 bridgehead atoms. The van der Waals surface area contributed by atoms with Crippen molar-refractivity contribution in [1.82, 2.24) is 25.1 Å². The van der Waals surface area contributed by atoms with E-state index < -0.39 is 0 Å². The molecule has 3 rings (SSSR count). The highest BCUT2D eigenvalue weighted by Crippen LogP contribution is 2.12. The Morgan fingerprint density at radius 1 is 1.26 bits per heavy atom. The normalized spacial score (nSPS) is 22.9. The molecule has 1 N–H and O–H groups in total.